The Labute approximate surface area is 116 Å². The van der Waals surface area contributed by atoms with Crippen LogP contribution < -0.4 is 5.32 Å². The molecular weight excluding hydrogens is 264 g/mol. The fourth-order valence-electron chi connectivity index (χ4n) is 2.03. The van der Waals surface area contributed by atoms with E-state index < -0.39 is 17.7 Å². The first-order valence-electron chi connectivity index (χ1n) is 6.52. The van der Waals surface area contributed by atoms with Crippen LogP contribution in [0.5, 0.6) is 0 Å². The van der Waals surface area contributed by atoms with Crippen molar-refractivity contribution in [3.05, 3.63) is 41.2 Å². The van der Waals surface area contributed by atoms with Gasteiger partial charge >= 0.3 is 0 Å². The fraction of sp³-hybridized carbons (Fsp3) is 0.462. The summed E-state index contributed by atoms with van der Waals surface area (Å²) >= 11 is 0. The van der Waals surface area contributed by atoms with Crippen molar-refractivity contribution in [2.45, 2.75) is 25.8 Å². The van der Waals surface area contributed by atoms with E-state index in [-0.39, 0.29) is 12.0 Å². The van der Waals surface area contributed by atoms with E-state index in [9.17, 15) is 8.78 Å². The summed E-state index contributed by atoms with van der Waals surface area (Å²) in [5.41, 5.74) is 0.0217. The summed E-state index contributed by atoms with van der Waals surface area (Å²) in [4.78, 5) is 1.32. The Morgan fingerprint density at radius 1 is 1.30 bits per heavy atom. The average molecular weight is 281 g/mol. The van der Waals surface area contributed by atoms with Gasteiger partial charge < -0.3 is 5.32 Å². The van der Waals surface area contributed by atoms with Crippen LogP contribution >= 0.6 is 0 Å². The quantitative estimate of drug-likeness (QED) is 0.877. The lowest BCUT2D eigenvalue weighted by Gasteiger charge is -2.18. The summed E-state index contributed by atoms with van der Waals surface area (Å²) in [7, 11) is 1.65. The maximum Gasteiger partial charge on any atom is 0.176 e. The molecule has 0 saturated heterocycles. The second-order valence-corrected chi connectivity index (χ2v) is 4.54. The molecule has 7 heteroatoms. The third-order valence-electron chi connectivity index (χ3n) is 2.93. The lowest BCUT2D eigenvalue weighted by atomic mass is 10.0. The van der Waals surface area contributed by atoms with Gasteiger partial charge in [0.1, 0.15) is 11.6 Å². The molecule has 0 spiro atoms. The van der Waals surface area contributed by atoms with Gasteiger partial charge in [-0.25, -0.2) is 8.78 Å². The minimum Gasteiger partial charge on any atom is -0.309 e. The molecule has 1 unspecified atom stereocenters. The number of nitrogens with one attached hydrogen (secondary N) is 1. The Morgan fingerprint density at radius 3 is 2.55 bits per heavy atom. The Hall–Kier alpha value is -1.89. The van der Waals surface area contributed by atoms with Crippen LogP contribution in [0, 0.1) is 11.6 Å². The molecule has 2 rings (SSSR count). The van der Waals surface area contributed by atoms with E-state index >= 15 is 0 Å². The van der Waals surface area contributed by atoms with Gasteiger partial charge in [0.15, 0.2) is 5.82 Å². The number of hydrogen-bond donors (Lipinski definition) is 1. The number of aromatic nitrogens is 4. The Bertz CT molecular complexity index is 549. The smallest absolute Gasteiger partial charge is 0.176 e. The standard InChI is InChI=1S/C13H17F2N5/c1-3-7-16-11(8-12-17-19-20(2)18-12)13-9(14)5-4-6-10(13)15/h4-6,11,16H,3,7-8H2,1-2H3. The summed E-state index contributed by atoms with van der Waals surface area (Å²) in [6, 6.07) is 3.35. The summed E-state index contributed by atoms with van der Waals surface area (Å²) < 4.78 is 27.8. The first kappa shape index (κ1) is 14.5. The first-order chi connectivity index (χ1) is 9.61. The molecule has 0 saturated carbocycles. The van der Waals surface area contributed by atoms with Crippen LogP contribution in [0.1, 0.15) is 30.8 Å². The molecule has 0 amide bonds. The zero-order valence-electron chi connectivity index (χ0n) is 11.5. The summed E-state index contributed by atoms with van der Waals surface area (Å²) in [6.07, 6.45) is 1.15. The van der Waals surface area contributed by atoms with Gasteiger partial charge in [-0.05, 0) is 30.3 Å². The average Bonchev–Trinajstić information content (AvgIpc) is 2.81. The van der Waals surface area contributed by atoms with Gasteiger partial charge in [0.2, 0.25) is 0 Å². The number of aryl methyl sites for hydroxylation is 1. The fourth-order valence-corrected chi connectivity index (χ4v) is 2.03. The highest BCUT2D eigenvalue weighted by molar-refractivity contribution is 5.24. The molecule has 0 fully saturated rings. The second kappa shape index (κ2) is 6.51. The molecule has 5 nitrogen and oxygen atoms in total. The van der Waals surface area contributed by atoms with Crippen molar-refractivity contribution in [1.29, 1.82) is 0 Å². The van der Waals surface area contributed by atoms with Crippen LogP contribution in [-0.2, 0) is 13.5 Å². The van der Waals surface area contributed by atoms with E-state index in [1.807, 2.05) is 6.92 Å². The van der Waals surface area contributed by atoms with Gasteiger partial charge in [-0.1, -0.05) is 13.0 Å². The molecule has 1 heterocycles. The maximum absolute atomic E-state index is 13.9. The van der Waals surface area contributed by atoms with E-state index in [2.05, 4.69) is 20.7 Å². The molecule has 0 aliphatic rings. The van der Waals surface area contributed by atoms with Crippen LogP contribution in [0.25, 0.3) is 0 Å². The topological polar surface area (TPSA) is 55.6 Å². The van der Waals surface area contributed by atoms with Crippen molar-refractivity contribution >= 4 is 0 Å². The number of benzene rings is 1. The molecule has 108 valence electrons. The molecule has 1 aromatic carbocycles. The molecule has 0 bridgehead atoms. The van der Waals surface area contributed by atoms with Gasteiger partial charge in [0.25, 0.3) is 0 Å². The highest BCUT2D eigenvalue weighted by atomic mass is 19.1. The second-order valence-electron chi connectivity index (χ2n) is 4.54. The van der Waals surface area contributed by atoms with Crippen molar-refractivity contribution in [3.63, 3.8) is 0 Å². The Balaban J connectivity index is 2.27. The lowest BCUT2D eigenvalue weighted by molar-refractivity contribution is 0.458. The summed E-state index contributed by atoms with van der Waals surface area (Å²) in [6.45, 7) is 2.64. The summed E-state index contributed by atoms with van der Waals surface area (Å²) in [5, 5.41) is 14.8. The predicted molar refractivity (Wildman–Crippen MR) is 69.9 cm³/mol. The largest absolute Gasteiger partial charge is 0.309 e. The molecule has 1 aromatic heterocycles. The minimum absolute atomic E-state index is 0.0217. The minimum atomic E-state index is -0.567. The molecule has 1 N–H and O–H groups in total. The number of rotatable bonds is 6. The lowest BCUT2D eigenvalue weighted by Crippen LogP contribution is -2.26. The van der Waals surface area contributed by atoms with Crippen molar-refractivity contribution in [3.8, 4) is 0 Å². The van der Waals surface area contributed by atoms with Gasteiger partial charge in [0, 0.05) is 18.0 Å². The molecule has 1 atom stereocenters. The van der Waals surface area contributed by atoms with Crippen molar-refractivity contribution in [1.82, 2.24) is 25.5 Å². The number of nitrogens with zero attached hydrogens (tertiary/aromatic N) is 4. The molecule has 2 aromatic rings. The Kier molecular flexibility index (Phi) is 4.73. The van der Waals surface area contributed by atoms with Crippen LogP contribution in [-0.4, -0.2) is 26.8 Å². The molecule has 20 heavy (non-hydrogen) atoms. The van der Waals surface area contributed by atoms with E-state index in [4.69, 9.17) is 0 Å². The third kappa shape index (κ3) is 3.36. The highest BCUT2D eigenvalue weighted by Crippen LogP contribution is 2.23. The maximum atomic E-state index is 13.9. The number of tetrazole rings is 1. The van der Waals surface area contributed by atoms with Gasteiger partial charge in [-0.2, -0.15) is 4.80 Å². The van der Waals surface area contributed by atoms with E-state index in [0.29, 0.717) is 12.4 Å². The highest BCUT2D eigenvalue weighted by Gasteiger charge is 2.21. The zero-order chi connectivity index (χ0) is 14.5. The van der Waals surface area contributed by atoms with Crippen LogP contribution in [0.2, 0.25) is 0 Å². The first-order valence-corrected chi connectivity index (χ1v) is 6.52. The normalized spacial score (nSPS) is 12.6. The van der Waals surface area contributed by atoms with Gasteiger partial charge in [-0.15, -0.1) is 10.2 Å². The SMILES string of the molecule is CCCNC(Cc1nnn(C)n1)c1c(F)cccc1F. The van der Waals surface area contributed by atoms with Gasteiger partial charge in [0.05, 0.1) is 7.05 Å². The van der Waals surface area contributed by atoms with Gasteiger partial charge in [-0.3, -0.25) is 0 Å². The van der Waals surface area contributed by atoms with E-state index in [1.165, 1.54) is 23.0 Å². The van der Waals surface area contributed by atoms with E-state index in [1.54, 1.807) is 7.05 Å². The number of hydrogen-bond acceptors (Lipinski definition) is 4. The molecule has 0 aliphatic heterocycles. The zero-order valence-corrected chi connectivity index (χ0v) is 11.5. The molecule has 0 aliphatic carbocycles. The monoisotopic (exact) mass is 281 g/mol. The van der Waals surface area contributed by atoms with Crippen molar-refractivity contribution in [2.75, 3.05) is 6.54 Å². The summed E-state index contributed by atoms with van der Waals surface area (Å²) in [5.74, 6) is -0.686. The Morgan fingerprint density at radius 2 is 2.00 bits per heavy atom. The van der Waals surface area contributed by atoms with Crippen molar-refractivity contribution < 1.29 is 8.78 Å². The third-order valence-corrected chi connectivity index (χ3v) is 2.93. The molecule has 0 radical (unpaired) electrons. The van der Waals surface area contributed by atoms with E-state index in [0.717, 1.165) is 6.42 Å². The van der Waals surface area contributed by atoms with Crippen molar-refractivity contribution in [2.24, 2.45) is 7.05 Å². The van der Waals surface area contributed by atoms with Crippen LogP contribution in [0.3, 0.4) is 0 Å². The predicted octanol–water partition coefficient (Wildman–Crippen LogP) is 1.77. The number of halogens is 2. The van der Waals surface area contributed by atoms with Crippen LogP contribution in [0.15, 0.2) is 18.2 Å². The van der Waals surface area contributed by atoms with Crippen LogP contribution in [0.4, 0.5) is 8.78 Å². The molecular formula is C13H17F2N5.